The van der Waals surface area contributed by atoms with Crippen LogP contribution >= 0.6 is 0 Å². The van der Waals surface area contributed by atoms with Gasteiger partial charge in [-0.15, -0.1) is 0 Å². The lowest BCUT2D eigenvalue weighted by Crippen LogP contribution is -2.31. The molecule has 27 heavy (non-hydrogen) atoms. The van der Waals surface area contributed by atoms with Gasteiger partial charge < -0.3 is 10.1 Å². The summed E-state index contributed by atoms with van der Waals surface area (Å²) in [7, 11) is 1.38. The molecule has 1 aromatic carbocycles. The van der Waals surface area contributed by atoms with E-state index in [1.54, 1.807) is 10.6 Å². The van der Waals surface area contributed by atoms with E-state index in [0.717, 1.165) is 18.8 Å². The van der Waals surface area contributed by atoms with Crippen LogP contribution in [0.4, 0.5) is 0 Å². The molecule has 0 saturated heterocycles. The molecule has 6 heteroatoms. The number of methoxy groups -OCH3 is 1. The number of para-hydroxylation sites is 1. The van der Waals surface area contributed by atoms with Gasteiger partial charge in [-0.1, -0.05) is 38.3 Å². The van der Waals surface area contributed by atoms with Crippen LogP contribution in [0.2, 0.25) is 0 Å². The molecule has 1 aromatic heterocycles. The molecule has 0 spiro atoms. The van der Waals surface area contributed by atoms with E-state index in [9.17, 15) is 9.59 Å². The zero-order valence-corrected chi connectivity index (χ0v) is 16.7. The van der Waals surface area contributed by atoms with E-state index in [2.05, 4.69) is 12.2 Å². The van der Waals surface area contributed by atoms with Gasteiger partial charge in [-0.05, 0) is 38.4 Å². The van der Waals surface area contributed by atoms with Gasteiger partial charge >= 0.3 is 5.97 Å². The Kier molecular flexibility index (Phi) is 8.45. The lowest BCUT2D eigenvalue weighted by molar-refractivity contribution is -0.140. The number of fused-ring (bicyclic) bond motifs is 1. The molecule has 0 aliphatic heterocycles. The molecule has 0 saturated carbocycles. The number of ether oxygens (including phenoxy) is 1. The smallest absolute Gasteiger partial charge is 0.305 e. The number of benzene rings is 1. The fourth-order valence-electron chi connectivity index (χ4n) is 3.18. The summed E-state index contributed by atoms with van der Waals surface area (Å²) in [5, 5.41) is 4.09. The van der Waals surface area contributed by atoms with Gasteiger partial charge in [0.15, 0.2) is 0 Å². The Hall–Kier alpha value is -2.21. The first-order valence-corrected chi connectivity index (χ1v) is 9.88. The van der Waals surface area contributed by atoms with Crippen LogP contribution in [0.5, 0.6) is 0 Å². The topological polar surface area (TPSA) is 73.2 Å². The first-order chi connectivity index (χ1) is 13.1. The Morgan fingerprint density at radius 2 is 2.00 bits per heavy atom. The lowest BCUT2D eigenvalue weighted by atomic mass is 10.2. The molecule has 0 unspecified atom stereocenters. The molecule has 0 bridgehead atoms. The second-order valence-corrected chi connectivity index (χ2v) is 6.86. The van der Waals surface area contributed by atoms with Crippen molar-refractivity contribution in [2.24, 2.45) is 0 Å². The predicted octanol–water partition coefficient (Wildman–Crippen LogP) is 3.58. The number of esters is 1. The number of hydrogen-bond acceptors (Lipinski definition) is 5. The molecular formula is C21H31N3O3. The molecule has 1 heterocycles. The minimum Gasteiger partial charge on any atom is -0.469 e. The fraction of sp³-hybridized carbons (Fsp3) is 0.571. The monoisotopic (exact) mass is 373 g/mol. The molecule has 2 rings (SSSR count). The number of hydrogen-bond donors (Lipinski definition) is 1. The number of nitrogens with zero attached hydrogens (tertiary/aromatic N) is 2. The van der Waals surface area contributed by atoms with Crippen molar-refractivity contribution < 1.29 is 9.53 Å². The lowest BCUT2D eigenvalue weighted by Gasteiger charge is -2.19. The molecule has 2 aromatic rings. The molecule has 0 radical (unpaired) electrons. The third-order valence-electron chi connectivity index (χ3n) is 4.75. The summed E-state index contributed by atoms with van der Waals surface area (Å²) in [6, 6.07) is 7.37. The number of nitrogens with one attached hydrogen (secondary N) is 1. The van der Waals surface area contributed by atoms with E-state index < -0.39 is 0 Å². The first kappa shape index (κ1) is 21.1. The summed E-state index contributed by atoms with van der Waals surface area (Å²) in [6.45, 7) is 5.57. The summed E-state index contributed by atoms with van der Waals surface area (Å²) in [4.78, 5) is 29.2. The van der Waals surface area contributed by atoms with Gasteiger partial charge in [-0.3, -0.25) is 14.2 Å². The average Bonchev–Trinajstić information content (AvgIpc) is 2.69. The fourth-order valence-corrected chi connectivity index (χ4v) is 3.18. The van der Waals surface area contributed by atoms with Crippen molar-refractivity contribution in [3.8, 4) is 0 Å². The molecule has 148 valence electrons. The summed E-state index contributed by atoms with van der Waals surface area (Å²) in [5.41, 5.74) is 0.654. The van der Waals surface area contributed by atoms with E-state index in [0.29, 0.717) is 23.9 Å². The Balaban J connectivity index is 2.21. The van der Waals surface area contributed by atoms with Crippen LogP contribution in [0.25, 0.3) is 10.9 Å². The minimum atomic E-state index is -0.263. The maximum Gasteiger partial charge on any atom is 0.305 e. The predicted molar refractivity (Wildman–Crippen MR) is 108 cm³/mol. The number of unbranched alkanes of at least 4 members (excludes halogenated alkanes) is 3. The third-order valence-corrected chi connectivity index (χ3v) is 4.75. The van der Waals surface area contributed by atoms with Crippen LogP contribution in [-0.2, 0) is 16.1 Å². The van der Waals surface area contributed by atoms with E-state index in [-0.39, 0.29) is 24.0 Å². The van der Waals surface area contributed by atoms with Gasteiger partial charge in [0.25, 0.3) is 5.56 Å². The Morgan fingerprint density at radius 3 is 2.74 bits per heavy atom. The van der Waals surface area contributed by atoms with Gasteiger partial charge in [-0.25, -0.2) is 4.98 Å². The van der Waals surface area contributed by atoms with Crippen LogP contribution in [0, 0.1) is 0 Å². The zero-order valence-electron chi connectivity index (χ0n) is 16.7. The molecule has 0 aliphatic carbocycles. The van der Waals surface area contributed by atoms with Crippen molar-refractivity contribution in [1.29, 1.82) is 0 Å². The summed E-state index contributed by atoms with van der Waals surface area (Å²) in [5.74, 6) is 0.458. The third kappa shape index (κ3) is 5.89. The summed E-state index contributed by atoms with van der Waals surface area (Å²) < 4.78 is 6.40. The second kappa shape index (κ2) is 10.8. The molecule has 1 atom stereocenters. The van der Waals surface area contributed by atoms with Crippen molar-refractivity contribution in [2.45, 2.75) is 65.0 Å². The van der Waals surface area contributed by atoms with E-state index >= 15 is 0 Å². The molecule has 6 nitrogen and oxygen atoms in total. The maximum absolute atomic E-state index is 13.0. The second-order valence-electron chi connectivity index (χ2n) is 6.86. The Morgan fingerprint density at radius 1 is 1.22 bits per heavy atom. The van der Waals surface area contributed by atoms with Gasteiger partial charge in [-0.2, -0.15) is 0 Å². The highest BCUT2D eigenvalue weighted by Crippen LogP contribution is 2.15. The Labute approximate surface area is 160 Å². The minimum absolute atomic E-state index is 0.0398. The van der Waals surface area contributed by atoms with Crippen LogP contribution in [-0.4, -0.2) is 29.2 Å². The number of carbonyl (C=O) groups excluding carboxylic acids is 1. The van der Waals surface area contributed by atoms with Gasteiger partial charge in [0.2, 0.25) is 0 Å². The van der Waals surface area contributed by atoms with Crippen LogP contribution in [0.1, 0.15) is 64.2 Å². The highest BCUT2D eigenvalue weighted by Gasteiger charge is 2.16. The normalized spacial score (nSPS) is 12.3. The molecule has 0 amide bonds. The number of carbonyl (C=O) groups is 1. The zero-order chi connectivity index (χ0) is 19.6. The number of rotatable bonds is 11. The van der Waals surface area contributed by atoms with E-state index in [1.807, 2.05) is 25.1 Å². The van der Waals surface area contributed by atoms with Crippen molar-refractivity contribution in [3.63, 3.8) is 0 Å². The maximum atomic E-state index is 13.0. The SMILES string of the molecule is CCCCCCN[C@H](C)c1nc2ccccc2c(=O)n1CCCC(=O)OC. The summed E-state index contributed by atoms with van der Waals surface area (Å²) >= 11 is 0. The van der Waals surface area contributed by atoms with Crippen LogP contribution in [0.15, 0.2) is 29.1 Å². The standard InChI is InChI=1S/C21H31N3O3/c1-4-5-6-9-14-22-16(2)20-23-18-12-8-7-11-17(18)21(26)24(20)15-10-13-19(25)27-3/h7-8,11-12,16,22H,4-6,9-10,13-15H2,1-3H3/t16-/m1/s1. The van der Waals surface area contributed by atoms with E-state index in [4.69, 9.17) is 9.72 Å². The highest BCUT2D eigenvalue weighted by atomic mass is 16.5. The van der Waals surface area contributed by atoms with Crippen LogP contribution < -0.4 is 10.9 Å². The van der Waals surface area contributed by atoms with Crippen molar-refractivity contribution in [2.75, 3.05) is 13.7 Å². The number of aromatic nitrogens is 2. The average molecular weight is 373 g/mol. The molecule has 0 aliphatic rings. The largest absolute Gasteiger partial charge is 0.469 e. The van der Waals surface area contributed by atoms with Gasteiger partial charge in [0.1, 0.15) is 5.82 Å². The molecule has 0 fully saturated rings. The van der Waals surface area contributed by atoms with Crippen LogP contribution in [0.3, 0.4) is 0 Å². The summed E-state index contributed by atoms with van der Waals surface area (Å²) in [6.07, 6.45) is 5.59. The highest BCUT2D eigenvalue weighted by molar-refractivity contribution is 5.77. The van der Waals surface area contributed by atoms with Crippen molar-refractivity contribution in [1.82, 2.24) is 14.9 Å². The Bertz CT molecular complexity index is 801. The first-order valence-electron chi connectivity index (χ1n) is 9.88. The van der Waals surface area contributed by atoms with Crippen molar-refractivity contribution >= 4 is 16.9 Å². The molecule has 1 N–H and O–H groups in total. The van der Waals surface area contributed by atoms with Crippen molar-refractivity contribution in [3.05, 3.63) is 40.4 Å². The molecular weight excluding hydrogens is 342 g/mol. The van der Waals surface area contributed by atoms with Gasteiger partial charge in [0.05, 0.1) is 24.1 Å². The van der Waals surface area contributed by atoms with E-state index in [1.165, 1.54) is 26.4 Å². The quantitative estimate of drug-likeness (QED) is 0.481. The van der Waals surface area contributed by atoms with Gasteiger partial charge in [0, 0.05) is 13.0 Å².